The van der Waals surface area contributed by atoms with E-state index in [1.54, 1.807) is 6.07 Å². The Labute approximate surface area is 143 Å². The van der Waals surface area contributed by atoms with Crippen molar-refractivity contribution in [2.75, 3.05) is 0 Å². The molecule has 0 aliphatic heterocycles. The second-order valence-corrected chi connectivity index (χ2v) is 5.30. The van der Waals surface area contributed by atoms with Crippen molar-refractivity contribution in [3.63, 3.8) is 0 Å². The van der Waals surface area contributed by atoms with E-state index in [1.807, 2.05) is 26.0 Å². The Morgan fingerprint density at radius 2 is 1.71 bits per heavy atom. The zero-order chi connectivity index (χ0) is 11.9. The molecule has 0 saturated heterocycles. The summed E-state index contributed by atoms with van der Waals surface area (Å²) in [6, 6.07) is 8.38. The van der Waals surface area contributed by atoms with Gasteiger partial charge in [0.2, 0.25) is 0 Å². The minimum atomic E-state index is -4.37. The quantitative estimate of drug-likeness (QED) is 0.514. The number of benzene rings is 2. The molecule has 3 nitrogen and oxygen atoms in total. The number of fused-ring (bicyclic) bond motifs is 1. The molecular weight excluding hydrogens is 263 g/mol. The third-order valence-corrected chi connectivity index (χ3v) is 3.40. The molecule has 0 aliphatic carbocycles. The van der Waals surface area contributed by atoms with Crippen LogP contribution in [0.4, 0.5) is 0 Å². The normalized spacial score (nSPS) is 11.2. The summed E-state index contributed by atoms with van der Waals surface area (Å²) in [5.41, 5.74) is 2.09. The van der Waals surface area contributed by atoms with E-state index in [2.05, 4.69) is 0 Å². The topological polar surface area (TPSA) is 57.2 Å². The Hall–Kier alpha value is 0.246. The first kappa shape index (κ1) is 15.3. The Morgan fingerprint density at radius 1 is 1.06 bits per heavy atom. The molecule has 0 atom stereocenters. The number of aryl methyl sites for hydroxylation is 2. The van der Waals surface area contributed by atoms with Crippen LogP contribution in [0.1, 0.15) is 11.1 Å². The standard InChI is InChI=1S/C12H12O3S.K/c1-8-5-9(2)12-7-11(16(13,14)15)4-3-10(12)6-8;/h3-7H,1-2H3,(H,13,14,15);/q;+1/p-1. The molecule has 0 bridgehead atoms. The molecule has 2 aromatic carbocycles. The van der Waals surface area contributed by atoms with E-state index < -0.39 is 10.1 Å². The molecule has 2 rings (SSSR count). The van der Waals surface area contributed by atoms with Crippen LogP contribution >= 0.6 is 0 Å². The van der Waals surface area contributed by atoms with Crippen molar-refractivity contribution >= 4 is 20.9 Å². The fourth-order valence-electron chi connectivity index (χ4n) is 1.86. The first-order valence-corrected chi connectivity index (χ1v) is 6.26. The summed E-state index contributed by atoms with van der Waals surface area (Å²) in [4.78, 5) is -0.174. The molecule has 0 N–H and O–H groups in total. The van der Waals surface area contributed by atoms with Crippen LogP contribution in [-0.4, -0.2) is 13.0 Å². The van der Waals surface area contributed by atoms with E-state index in [0.29, 0.717) is 0 Å². The molecule has 0 aliphatic rings. The third kappa shape index (κ3) is 3.38. The van der Waals surface area contributed by atoms with Crippen molar-refractivity contribution in [1.82, 2.24) is 0 Å². The first-order valence-electron chi connectivity index (χ1n) is 4.85. The second kappa shape index (κ2) is 5.48. The Bertz CT molecular complexity index is 663. The minimum absolute atomic E-state index is 0. The summed E-state index contributed by atoms with van der Waals surface area (Å²) in [6.45, 7) is 3.88. The molecule has 0 unspecified atom stereocenters. The molecule has 0 aromatic heterocycles. The molecule has 2 aromatic rings. The average Bonchev–Trinajstić information content (AvgIpc) is 2.15. The molecule has 84 valence electrons. The molecular formula is C12H11KO3S. The van der Waals surface area contributed by atoms with Gasteiger partial charge in [0.1, 0.15) is 10.1 Å². The molecule has 0 amide bonds. The van der Waals surface area contributed by atoms with Crippen molar-refractivity contribution < 1.29 is 64.4 Å². The van der Waals surface area contributed by atoms with Crippen molar-refractivity contribution in [3.8, 4) is 0 Å². The van der Waals surface area contributed by atoms with Crippen LogP contribution in [-0.2, 0) is 10.1 Å². The summed E-state index contributed by atoms with van der Waals surface area (Å²) in [7, 11) is -4.37. The smallest absolute Gasteiger partial charge is 0.744 e. The Kier molecular flexibility index (Phi) is 4.94. The van der Waals surface area contributed by atoms with Crippen LogP contribution in [0.15, 0.2) is 35.2 Å². The zero-order valence-corrected chi connectivity index (χ0v) is 14.0. The molecule has 0 heterocycles. The van der Waals surface area contributed by atoms with Crippen LogP contribution in [0.3, 0.4) is 0 Å². The monoisotopic (exact) mass is 274 g/mol. The zero-order valence-electron chi connectivity index (χ0n) is 10.0. The molecule has 0 saturated carbocycles. The summed E-state index contributed by atoms with van der Waals surface area (Å²) in [5, 5.41) is 1.76. The van der Waals surface area contributed by atoms with E-state index in [1.165, 1.54) is 12.1 Å². The number of hydrogen-bond donors (Lipinski definition) is 0. The van der Waals surface area contributed by atoms with Crippen LogP contribution in [0, 0.1) is 13.8 Å². The van der Waals surface area contributed by atoms with Gasteiger partial charge < -0.3 is 4.55 Å². The third-order valence-electron chi connectivity index (χ3n) is 2.57. The van der Waals surface area contributed by atoms with Crippen molar-refractivity contribution in [3.05, 3.63) is 41.5 Å². The number of rotatable bonds is 1. The van der Waals surface area contributed by atoms with Gasteiger partial charge in [0.25, 0.3) is 0 Å². The van der Waals surface area contributed by atoms with Gasteiger partial charge in [-0.1, -0.05) is 23.8 Å². The summed E-state index contributed by atoms with van der Waals surface area (Å²) in [6.07, 6.45) is 0. The van der Waals surface area contributed by atoms with Gasteiger partial charge in [-0.15, -0.1) is 0 Å². The SMILES string of the molecule is Cc1cc(C)c2cc(S(=O)(=O)[O-])ccc2c1.[K+]. The Morgan fingerprint density at radius 3 is 2.29 bits per heavy atom. The van der Waals surface area contributed by atoms with Crippen molar-refractivity contribution in [2.24, 2.45) is 0 Å². The largest absolute Gasteiger partial charge is 1.00 e. The molecule has 17 heavy (non-hydrogen) atoms. The van der Waals surface area contributed by atoms with Gasteiger partial charge >= 0.3 is 51.4 Å². The fraction of sp³-hybridized carbons (Fsp3) is 0.167. The predicted octanol–water partition coefficient (Wildman–Crippen LogP) is -0.635. The minimum Gasteiger partial charge on any atom is -0.744 e. The van der Waals surface area contributed by atoms with Crippen molar-refractivity contribution in [1.29, 1.82) is 0 Å². The second-order valence-electron chi connectivity index (χ2n) is 3.92. The van der Waals surface area contributed by atoms with E-state index in [-0.39, 0.29) is 56.3 Å². The van der Waals surface area contributed by atoms with Gasteiger partial charge in [0.05, 0.1) is 4.90 Å². The van der Waals surface area contributed by atoms with Gasteiger partial charge in [-0.05, 0) is 42.3 Å². The van der Waals surface area contributed by atoms with E-state index in [9.17, 15) is 13.0 Å². The van der Waals surface area contributed by atoms with Crippen LogP contribution in [0.2, 0.25) is 0 Å². The van der Waals surface area contributed by atoms with Crippen LogP contribution in [0.5, 0.6) is 0 Å². The van der Waals surface area contributed by atoms with Gasteiger partial charge in [-0.2, -0.15) is 0 Å². The first-order chi connectivity index (χ1) is 7.38. The van der Waals surface area contributed by atoms with Gasteiger partial charge in [-0.25, -0.2) is 8.42 Å². The van der Waals surface area contributed by atoms with E-state index >= 15 is 0 Å². The molecule has 5 heteroatoms. The van der Waals surface area contributed by atoms with E-state index in [0.717, 1.165) is 21.9 Å². The number of hydrogen-bond acceptors (Lipinski definition) is 3. The van der Waals surface area contributed by atoms with Gasteiger partial charge in [-0.3, -0.25) is 0 Å². The predicted molar refractivity (Wildman–Crippen MR) is 61.4 cm³/mol. The molecule has 0 spiro atoms. The maximum Gasteiger partial charge on any atom is 1.00 e. The average molecular weight is 274 g/mol. The van der Waals surface area contributed by atoms with Crippen molar-refractivity contribution in [2.45, 2.75) is 18.7 Å². The maximum absolute atomic E-state index is 10.9. The maximum atomic E-state index is 10.9. The van der Waals surface area contributed by atoms with Crippen LogP contribution < -0.4 is 51.4 Å². The Balaban J connectivity index is 0.00000144. The summed E-state index contributed by atoms with van der Waals surface area (Å²) < 4.78 is 32.7. The molecule has 0 fully saturated rings. The summed E-state index contributed by atoms with van der Waals surface area (Å²) >= 11 is 0. The fourth-order valence-corrected chi connectivity index (χ4v) is 2.36. The summed E-state index contributed by atoms with van der Waals surface area (Å²) in [5.74, 6) is 0. The molecule has 0 radical (unpaired) electrons. The van der Waals surface area contributed by atoms with Gasteiger partial charge in [0.15, 0.2) is 0 Å². The van der Waals surface area contributed by atoms with Crippen LogP contribution in [0.25, 0.3) is 10.8 Å². The van der Waals surface area contributed by atoms with E-state index in [4.69, 9.17) is 0 Å². The van der Waals surface area contributed by atoms with Gasteiger partial charge in [0, 0.05) is 0 Å².